The second-order valence-electron chi connectivity index (χ2n) is 4.29. The van der Waals surface area contributed by atoms with Crippen LogP contribution in [0.3, 0.4) is 0 Å². The van der Waals surface area contributed by atoms with Gasteiger partial charge in [0, 0.05) is 17.6 Å². The fourth-order valence-corrected chi connectivity index (χ4v) is 1.81. The Kier molecular flexibility index (Phi) is 2.63. The lowest BCUT2D eigenvalue weighted by Crippen LogP contribution is -2.00. The van der Waals surface area contributed by atoms with Gasteiger partial charge in [0.1, 0.15) is 0 Å². The van der Waals surface area contributed by atoms with E-state index in [2.05, 4.69) is 67.9 Å². The molecule has 15 heavy (non-hydrogen) atoms. The zero-order valence-corrected chi connectivity index (χ0v) is 9.57. The predicted molar refractivity (Wildman–Crippen MR) is 64.6 cm³/mol. The van der Waals surface area contributed by atoms with Gasteiger partial charge in [-0.25, -0.2) is 0 Å². The Bertz CT molecular complexity index is 435. The minimum absolute atomic E-state index is 0.557. The fraction of sp³-hybridized carbons (Fsp3) is 0.286. The van der Waals surface area contributed by atoms with Crippen molar-refractivity contribution in [1.29, 1.82) is 0 Å². The molecule has 0 aliphatic carbocycles. The maximum atomic E-state index is 2.25. The van der Waals surface area contributed by atoms with Gasteiger partial charge in [0.2, 0.25) is 0 Å². The standard InChI is InChI=1S/C14H17N/c1-11(2)14-5-4-10-15(14)13-8-6-12(3)7-9-13/h4-11H,1-3H3. The topological polar surface area (TPSA) is 4.93 Å². The Hall–Kier alpha value is -1.50. The number of hydrogen-bond acceptors (Lipinski definition) is 0. The molecule has 2 aromatic rings. The minimum atomic E-state index is 0.557. The maximum Gasteiger partial charge on any atom is 0.0452 e. The Labute approximate surface area is 91.4 Å². The Morgan fingerprint density at radius 3 is 2.27 bits per heavy atom. The molecule has 0 aliphatic rings. The van der Waals surface area contributed by atoms with E-state index in [1.165, 1.54) is 16.9 Å². The molecule has 1 aromatic carbocycles. The lowest BCUT2D eigenvalue weighted by atomic mass is 10.1. The number of aromatic nitrogens is 1. The summed E-state index contributed by atoms with van der Waals surface area (Å²) in [6.45, 7) is 6.56. The molecule has 0 atom stereocenters. The van der Waals surface area contributed by atoms with Crippen LogP contribution in [-0.4, -0.2) is 4.57 Å². The number of benzene rings is 1. The van der Waals surface area contributed by atoms with Crippen molar-refractivity contribution in [2.45, 2.75) is 26.7 Å². The van der Waals surface area contributed by atoms with Crippen molar-refractivity contribution in [3.05, 3.63) is 53.9 Å². The van der Waals surface area contributed by atoms with Crippen LogP contribution < -0.4 is 0 Å². The van der Waals surface area contributed by atoms with Gasteiger partial charge in [-0.3, -0.25) is 0 Å². The first kappa shape index (κ1) is 10.0. The van der Waals surface area contributed by atoms with Crippen molar-refractivity contribution >= 4 is 0 Å². The van der Waals surface area contributed by atoms with Gasteiger partial charge in [-0.2, -0.15) is 0 Å². The molecular formula is C14H17N. The van der Waals surface area contributed by atoms with Crippen LogP contribution in [0.5, 0.6) is 0 Å². The molecule has 1 aromatic heterocycles. The minimum Gasteiger partial charge on any atom is -0.321 e. The third-order valence-corrected chi connectivity index (χ3v) is 2.68. The van der Waals surface area contributed by atoms with Gasteiger partial charge < -0.3 is 4.57 Å². The summed E-state index contributed by atoms with van der Waals surface area (Å²) >= 11 is 0. The van der Waals surface area contributed by atoms with Gasteiger partial charge in [-0.15, -0.1) is 0 Å². The second kappa shape index (κ2) is 3.93. The summed E-state index contributed by atoms with van der Waals surface area (Å²) in [5, 5.41) is 0. The van der Waals surface area contributed by atoms with Crippen LogP contribution in [0, 0.1) is 6.92 Å². The second-order valence-corrected chi connectivity index (χ2v) is 4.29. The van der Waals surface area contributed by atoms with Gasteiger partial charge in [-0.05, 0) is 37.1 Å². The molecule has 0 amide bonds. The highest BCUT2D eigenvalue weighted by Gasteiger charge is 2.05. The van der Waals surface area contributed by atoms with Crippen molar-refractivity contribution < 1.29 is 0 Å². The molecule has 0 aliphatic heterocycles. The van der Waals surface area contributed by atoms with E-state index in [-0.39, 0.29) is 0 Å². The van der Waals surface area contributed by atoms with E-state index in [9.17, 15) is 0 Å². The smallest absolute Gasteiger partial charge is 0.0452 e. The van der Waals surface area contributed by atoms with Crippen LogP contribution in [0.25, 0.3) is 5.69 Å². The van der Waals surface area contributed by atoms with Crippen LogP contribution in [0.1, 0.15) is 31.0 Å². The van der Waals surface area contributed by atoms with Gasteiger partial charge >= 0.3 is 0 Å². The van der Waals surface area contributed by atoms with Crippen molar-refractivity contribution in [2.24, 2.45) is 0 Å². The molecule has 0 spiro atoms. The van der Waals surface area contributed by atoms with Crippen LogP contribution >= 0.6 is 0 Å². The summed E-state index contributed by atoms with van der Waals surface area (Å²) in [5.74, 6) is 0.557. The average Bonchev–Trinajstić information content (AvgIpc) is 2.67. The first-order chi connectivity index (χ1) is 7.18. The third-order valence-electron chi connectivity index (χ3n) is 2.68. The van der Waals surface area contributed by atoms with Crippen molar-refractivity contribution in [2.75, 3.05) is 0 Å². The molecule has 0 N–H and O–H groups in total. The molecule has 1 heterocycles. The number of aryl methyl sites for hydroxylation is 1. The Morgan fingerprint density at radius 1 is 1.00 bits per heavy atom. The van der Waals surface area contributed by atoms with Crippen molar-refractivity contribution in [3.8, 4) is 5.69 Å². The first-order valence-electron chi connectivity index (χ1n) is 5.43. The lowest BCUT2D eigenvalue weighted by molar-refractivity contribution is 0.787. The van der Waals surface area contributed by atoms with E-state index in [0.29, 0.717) is 5.92 Å². The maximum absolute atomic E-state index is 2.25. The summed E-state index contributed by atoms with van der Waals surface area (Å²) in [7, 11) is 0. The fourth-order valence-electron chi connectivity index (χ4n) is 1.81. The molecule has 1 nitrogen and oxygen atoms in total. The summed E-state index contributed by atoms with van der Waals surface area (Å²) in [4.78, 5) is 0. The predicted octanol–water partition coefficient (Wildman–Crippen LogP) is 3.91. The Balaban J connectivity index is 2.45. The van der Waals surface area contributed by atoms with Crippen molar-refractivity contribution in [1.82, 2.24) is 4.57 Å². The van der Waals surface area contributed by atoms with Gasteiger partial charge in [0.15, 0.2) is 0 Å². The van der Waals surface area contributed by atoms with Crippen molar-refractivity contribution in [3.63, 3.8) is 0 Å². The van der Waals surface area contributed by atoms with E-state index in [0.717, 1.165) is 0 Å². The zero-order valence-electron chi connectivity index (χ0n) is 9.57. The quantitative estimate of drug-likeness (QED) is 0.691. The van der Waals surface area contributed by atoms with Crippen LogP contribution in [-0.2, 0) is 0 Å². The highest BCUT2D eigenvalue weighted by Crippen LogP contribution is 2.20. The number of hydrogen-bond donors (Lipinski definition) is 0. The largest absolute Gasteiger partial charge is 0.321 e. The summed E-state index contributed by atoms with van der Waals surface area (Å²) in [6.07, 6.45) is 2.12. The number of rotatable bonds is 2. The molecule has 0 fully saturated rings. The van der Waals surface area contributed by atoms with E-state index in [4.69, 9.17) is 0 Å². The summed E-state index contributed by atoms with van der Waals surface area (Å²) in [6, 6.07) is 12.9. The molecule has 0 unspecified atom stereocenters. The zero-order chi connectivity index (χ0) is 10.8. The molecule has 0 bridgehead atoms. The molecule has 2 rings (SSSR count). The van der Waals surface area contributed by atoms with Crippen LogP contribution in [0.4, 0.5) is 0 Å². The van der Waals surface area contributed by atoms with E-state index < -0.39 is 0 Å². The highest BCUT2D eigenvalue weighted by molar-refractivity contribution is 5.37. The monoisotopic (exact) mass is 199 g/mol. The highest BCUT2D eigenvalue weighted by atomic mass is 15.0. The van der Waals surface area contributed by atoms with E-state index >= 15 is 0 Å². The molecule has 0 saturated heterocycles. The molecule has 0 radical (unpaired) electrons. The van der Waals surface area contributed by atoms with E-state index in [1.807, 2.05) is 0 Å². The Morgan fingerprint density at radius 2 is 1.67 bits per heavy atom. The average molecular weight is 199 g/mol. The van der Waals surface area contributed by atoms with Gasteiger partial charge in [-0.1, -0.05) is 31.5 Å². The SMILES string of the molecule is Cc1ccc(-n2cccc2C(C)C)cc1. The van der Waals surface area contributed by atoms with Gasteiger partial charge in [0.05, 0.1) is 0 Å². The van der Waals surface area contributed by atoms with Crippen LogP contribution in [0.2, 0.25) is 0 Å². The molecule has 0 saturated carbocycles. The third kappa shape index (κ3) is 1.96. The van der Waals surface area contributed by atoms with Crippen LogP contribution in [0.15, 0.2) is 42.6 Å². The number of nitrogens with zero attached hydrogens (tertiary/aromatic N) is 1. The van der Waals surface area contributed by atoms with E-state index in [1.54, 1.807) is 0 Å². The molecular weight excluding hydrogens is 182 g/mol. The summed E-state index contributed by atoms with van der Waals surface area (Å²) in [5.41, 5.74) is 3.91. The molecule has 78 valence electrons. The summed E-state index contributed by atoms with van der Waals surface area (Å²) < 4.78 is 2.25. The van der Waals surface area contributed by atoms with Gasteiger partial charge in [0.25, 0.3) is 0 Å². The normalized spacial score (nSPS) is 10.9. The molecule has 1 heteroatoms. The lowest BCUT2D eigenvalue weighted by Gasteiger charge is -2.12. The first-order valence-corrected chi connectivity index (χ1v) is 5.43.